The number of benzene rings is 1. The second-order valence-electron chi connectivity index (χ2n) is 5.30. The molecule has 0 saturated carbocycles. The number of nitrogens with one attached hydrogen (secondary N) is 1. The highest BCUT2D eigenvalue weighted by molar-refractivity contribution is 7.15. The van der Waals surface area contributed by atoms with Crippen LogP contribution in [0.3, 0.4) is 0 Å². The number of aromatic nitrogens is 2. The Kier molecular flexibility index (Phi) is 5.03. The van der Waals surface area contributed by atoms with Crippen molar-refractivity contribution in [2.45, 2.75) is 33.2 Å². The number of hydrogen-bond acceptors (Lipinski definition) is 5. The van der Waals surface area contributed by atoms with E-state index in [9.17, 15) is 4.79 Å². The van der Waals surface area contributed by atoms with Crippen molar-refractivity contribution in [2.75, 3.05) is 5.32 Å². The normalized spacial score (nSPS) is 13.7. The molecule has 2 rings (SSSR count). The molecule has 0 radical (unpaired) electrons. The first-order chi connectivity index (χ1) is 9.95. The van der Waals surface area contributed by atoms with Gasteiger partial charge in [0.1, 0.15) is 5.01 Å². The molecule has 0 aliphatic heterocycles. The van der Waals surface area contributed by atoms with Crippen molar-refractivity contribution in [3.05, 3.63) is 40.4 Å². The molecule has 2 unspecified atom stereocenters. The summed E-state index contributed by atoms with van der Waals surface area (Å²) in [6.45, 7) is 5.67. The van der Waals surface area contributed by atoms with Gasteiger partial charge in [0.15, 0.2) is 0 Å². The van der Waals surface area contributed by atoms with E-state index in [4.69, 9.17) is 5.73 Å². The lowest BCUT2D eigenvalue weighted by atomic mass is 10.0. The number of hydrogen-bond donors (Lipinski definition) is 2. The fourth-order valence-electron chi connectivity index (χ4n) is 1.71. The Labute approximate surface area is 128 Å². The second kappa shape index (κ2) is 6.78. The molecule has 0 saturated heterocycles. The zero-order valence-corrected chi connectivity index (χ0v) is 13.3. The number of aryl methyl sites for hydroxylation is 1. The SMILES string of the molecule is Cc1ccc(Cc2nnc(NC(=O)C(C)C(C)N)s2)cc1. The monoisotopic (exact) mass is 304 g/mol. The van der Waals surface area contributed by atoms with Crippen LogP contribution in [-0.4, -0.2) is 22.1 Å². The van der Waals surface area contributed by atoms with Gasteiger partial charge < -0.3 is 11.1 Å². The van der Waals surface area contributed by atoms with Crippen LogP contribution in [0.2, 0.25) is 0 Å². The van der Waals surface area contributed by atoms with Crippen LogP contribution in [0.1, 0.15) is 30.0 Å². The van der Waals surface area contributed by atoms with Crippen LogP contribution in [0, 0.1) is 12.8 Å². The summed E-state index contributed by atoms with van der Waals surface area (Å²) in [5.74, 6) is -0.377. The largest absolute Gasteiger partial charge is 0.327 e. The lowest BCUT2D eigenvalue weighted by Gasteiger charge is -2.13. The topological polar surface area (TPSA) is 80.9 Å². The molecule has 6 heteroatoms. The van der Waals surface area contributed by atoms with E-state index in [1.165, 1.54) is 22.5 Å². The highest BCUT2D eigenvalue weighted by Gasteiger charge is 2.18. The number of anilines is 1. The highest BCUT2D eigenvalue weighted by Crippen LogP contribution is 2.19. The van der Waals surface area contributed by atoms with Gasteiger partial charge in [-0.25, -0.2) is 0 Å². The molecular weight excluding hydrogens is 284 g/mol. The van der Waals surface area contributed by atoms with E-state index in [-0.39, 0.29) is 17.9 Å². The minimum atomic E-state index is -0.255. The smallest absolute Gasteiger partial charge is 0.230 e. The number of nitrogens with zero attached hydrogens (tertiary/aromatic N) is 2. The van der Waals surface area contributed by atoms with Gasteiger partial charge in [0.05, 0.1) is 5.92 Å². The van der Waals surface area contributed by atoms with Crippen molar-refractivity contribution in [1.29, 1.82) is 0 Å². The summed E-state index contributed by atoms with van der Waals surface area (Å²) < 4.78 is 0. The molecule has 0 aliphatic carbocycles. The fraction of sp³-hybridized carbons (Fsp3) is 0.400. The molecule has 5 nitrogen and oxygen atoms in total. The van der Waals surface area contributed by atoms with Crippen LogP contribution in [0.5, 0.6) is 0 Å². The minimum absolute atomic E-state index is 0.122. The van der Waals surface area contributed by atoms with Crippen molar-refractivity contribution in [3.8, 4) is 0 Å². The first-order valence-electron chi connectivity index (χ1n) is 6.90. The molecule has 1 aromatic carbocycles. The second-order valence-corrected chi connectivity index (χ2v) is 6.36. The van der Waals surface area contributed by atoms with Crippen LogP contribution in [-0.2, 0) is 11.2 Å². The van der Waals surface area contributed by atoms with Gasteiger partial charge in [-0.15, -0.1) is 10.2 Å². The number of carbonyl (C=O) groups excluding carboxylic acids is 1. The third kappa shape index (κ3) is 4.34. The van der Waals surface area contributed by atoms with Crippen molar-refractivity contribution >= 4 is 22.4 Å². The molecule has 2 aromatic rings. The summed E-state index contributed by atoms with van der Waals surface area (Å²) in [5.41, 5.74) is 8.13. The van der Waals surface area contributed by atoms with Gasteiger partial charge >= 0.3 is 0 Å². The van der Waals surface area contributed by atoms with Crippen LogP contribution < -0.4 is 11.1 Å². The summed E-state index contributed by atoms with van der Waals surface area (Å²) in [5, 5.41) is 12.3. The maximum Gasteiger partial charge on any atom is 0.230 e. The Hall–Kier alpha value is -1.79. The van der Waals surface area contributed by atoms with Gasteiger partial charge in [-0.2, -0.15) is 0 Å². The average molecular weight is 304 g/mol. The maximum atomic E-state index is 11.9. The van der Waals surface area contributed by atoms with Crippen molar-refractivity contribution < 1.29 is 4.79 Å². The Morgan fingerprint density at radius 3 is 2.57 bits per heavy atom. The lowest BCUT2D eigenvalue weighted by molar-refractivity contribution is -0.119. The van der Waals surface area contributed by atoms with Crippen LogP contribution in [0.15, 0.2) is 24.3 Å². The Morgan fingerprint density at radius 2 is 1.95 bits per heavy atom. The third-order valence-electron chi connectivity index (χ3n) is 3.38. The lowest BCUT2D eigenvalue weighted by Crippen LogP contribution is -2.34. The van der Waals surface area contributed by atoms with Gasteiger partial charge in [0, 0.05) is 12.5 Å². The summed E-state index contributed by atoms with van der Waals surface area (Å²) in [6.07, 6.45) is 0.719. The van der Waals surface area contributed by atoms with E-state index >= 15 is 0 Å². The standard InChI is InChI=1S/C15H20N4OS/c1-9-4-6-12(7-5-9)8-13-18-19-15(21-13)17-14(20)10(2)11(3)16/h4-7,10-11H,8,16H2,1-3H3,(H,17,19,20). The van der Waals surface area contributed by atoms with Crippen LogP contribution in [0.4, 0.5) is 5.13 Å². The van der Waals surface area contributed by atoms with E-state index < -0.39 is 0 Å². The first kappa shape index (κ1) is 15.6. The maximum absolute atomic E-state index is 11.9. The van der Waals surface area contributed by atoms with Crippen molar-refractivity contribution in [1.82, 2.24) is 10.2 Å². The summed E-state index contributed by atoms with van der Waals surface area (Å²) >= 11 is 1.39. The van der Waals surface area contributed by atoms with Crippen molar-refractivity contribution in [2.24, 2.45) is 11.7 Å². The Morgan fingerprint density at radius 1 is 1.29 bits per heavy atom. The molecule has 3 N–H and O–H groups in total. The van der Waals surface area contributed by atoms with Gasteiger partial charge in [0.25, 0.3) is 0 Å². The first-order valence-corrected chi connectivity index (χ1v) is 7.71. The molecule has 0 bridgehead atoms. The summed E-state index contributed by atoms with van der Waals surface area (Å²) in [7, 11) is 0. The number of nitrogens with two attached hydrogens (primary N) is 1. The molecule has 2 atom stereocenters. The zero-order valence-electron chi connectivity index (χ0n) is 12.5. The van der Waals surface area contributed by atoms with Gasteiger partial charge in [-0.3, -0.25) is 4.79 Å². The van der Waals surface area contributed by atoms with Crippen LogP contribution >= 0.6 is 11.3 Å². The zero-order chi connectivity index (χ0) is 15.4. The predicted octanol–water partition coefficient (Wildman–Crippen LogP) is 2.36. The van der Waals surface area contributed by atoms with E-state index in [0.717, 1.165) is 11.4 Å². The van der Waals surface area contributed by atoms with E-state index in [1.807, 2.05) is 6.92 Å². The summed E-state index contributed by atoms with van der Waals surface area (Å²) in [6, 6.07) is 8.11. The molecular formula is C15H20N4OS. The Bertz CT molecular complexity index is 606. The van der Waals surface area contributed by atoms with Gasteiger partial charge in [-0.05, 0) is 19.4 Å². The molecule has 0 aliphatic rings. The highest BCUT2D eigenvalue weighted by atomic mass is 32.1. The molecule has 0 fully saturated rings. The molecule has 0 spiro atoms. The van der Waals surface area contributed by atoms with Gasteiger partial charge in [-0.1, -0.05) is 48.1 Å². The van der Waals surface area contributed by atoms with Gasteiger partial charge in [0.2, 0.25) is 11.0 Å². The Balaban J connectivity index is 1.98. The number of carbonyl (C=O) groups is 1. The molecule has 112 valence electrons. The molecule has 1 amide bonds. The van der Waals surface area contributed by atoms with E-state index in [2.05, 4.69) is 46.7 Å². The molecule has 1 heterocycles. The number of rotatable bonds is 5. The minimum Gasteiger partial charge on any atom is -0.327 e. The molecule has 1 aromatic heterocycles. The quantitative estimate of drug-likeness (QED) is 0.888. The third-order valence-corrected chi connectivity index (χ3v) is 4.21. The van der Waals surface area contributed by atoms with Crippen molar-refractivity contribution in [3.63, 3.8) is 0 Å². The average Bonchev–Trinajstić information content (AvgIpc) is 2.87. The predicted molar refractivity (Wildman–Crippen MR) is 85.3 cm³/mol. The van der Waals surface area contributed by atoms with E-state index in [1.54, 1.807) is 6.92 Å². The van der Waals surface area contributed by atoms with E-state index in [0.29, 0.717) is 5.13 Å². The van der Waals surface area contributed by atoms with Crippen LogP contribution in [0.25, 0.3) is 0 Å². The summed E-state index contributed by atoms with van der Waals surface area (Å²) in [4.78, 5) is 11.9. The number of amides is 1. The fourth-order valence-corrected chi connectivity index (χ4v) is 2.49. The molecule has 21 heavy (non-hydrogen) atoms.